The molecule has 2 aromatic rings. The second-order valence-electron chi connectivity index (χ2n) is 9.76. The highest BCUT2D eigenvalue weighted by atomic mass is 16.5. The van der Waals surface area contributed by atoms with Crippen LogP contribution in [0.15, 0.2) is 48.5 Å². The number of hydrogen-bond donors (Lipinski definition) is 2. The number of fused-ring (bicyclic) bond motifs is 3. The van der Waals surface area contributed by atoms with Crippen LogP contribution in [-0.4, -0.2) is 53.7 Å². The lowest BCUT2D eigenvalue weighted by Crippen LogP contribution is -2.64. The summed E-state index contributed by atoms with van der Waals surface area (Å²) >= 11 is 0. The Labute approximate surface area is 192 Å². The summed E-state index contributed by atoms with van der Waals surface area (Å²) in [6, 6.07) is 15.6. The van der Waals surface area contributed by atoms with Gasteiger partial charge in [0.2, 0.25) is 5.91 Å². The molecule has 1 aliphatic heterocycles. The molecule has 1 heterocycles. The van der Waals surface area contributed by atoms with E-state index in [1.807, 2.05) is 24.3 Å². The summed E-state index contributed by atoms with van der Waals surface area (Å²) in [5, 5.41) is 12.1. The Kier molecular flexibility index (Phi) is 5.35. The third-order valence-corrected chi connectivity index (χ3v) is 7.11. The van der Waals surface area contributed by atoms with Crippen LogP contribution in [-0.2, 0) is 14.3 Å². The first-order valence-electron chi connectivity index (χ1n) is 11.5. The van der Waals surface area contributed by atoms with Gasteiger partial charge in [0.25, 0.3) is 0 Å². The van der Waals surface area contributed by atoms with Crippen LogP contribution in [0.25, 0.3) is 11.1 Å². The number of hydrogen-bond acceptors (Lipinski definition) is 4. The molecule has 172 valence electrons. The molecule has 7 nitrogen and oxygen atoms in total. The molecule has 3 aliphatic rings. The quantitative estimate of drug-likeness (QED) is 0.674. The number of benzene rings is 2. The normalized spacial score (nSPS) is 19.1. The van der Waals surface area contributed by atoms with Gasteiger partial charge in [0, 0.05) is 19.0 Å². The first-order valence-corrected chi connectivity index (χ1v) is 11.5. The van der Waals surface area contributed by atoms with Gasteiger partial charge in [-0.05, 0) is 41.5 Å². The number of carboxylic acids is 1. The predicted molar refractivity (Wildman–Crippen MR) is 122 cm³/mol. The highest BCUT2D eigenvalue weighted by Gasteiger charge is 2.49. The molecule has 2 fully saturated rings. The van der Waals surface area contributed by atoms with Crippen molar-refractivity contribution in [1.29, 1.82) is 0 Å². The number of carbonyl (C=O) groups excluding carboxylic acids is 2. The zero-order valence-electron chi connectivity index (χ0n) is 18.6. The lowest BCUT2D eigenvalue weighted by Gasteiger charge is -2.46. The number of carbonyl (C=O) groups is 3. The Bertz CT molecular complexity index is 1060. The first kappa shape index (κ1) is 21.5. The summed E-state index contributed by atoms with van der Waals surface area (Å²) in [5.41, 5.74) is 3.66. The van der Waals surface area contributed by atoms with Crippen LogP contribution in [0.2, 0.25) is 0 Å². The number of nitrogens with zero attached hydrogens (tertiary/aromatic N) is 1. The van der Waals surface area contributed by atoms with Crippen molar-refractivity contribution < 1.29 is 24.2 Å². The van der Waals surface area contributed by atoms with Crippen molar-refractivity contribution in [2.75, 3.05) is 19.7 Å². The maximum atomic E-state index is 13.0. The van der Waals surface area contributed by atoms with Gasteiger partial charge < -0.3 is 20.1 Å². The molecule has 0 radical (unpaired) electrons. The Balaban J connectivity index is 1.23. The summed E-state index contributed by atoms with van der Waals surface area (Å²) in [7, 11) is 0. The van der Waals surface area contributed by atoms with Gasteiger partial charge in [-0.2, -0.15) is 0 Å². The van der Waals surface area contributed by atoms with E-state index in [-0.39, 0.29) is 31.5 Å². The topological polar surface area (TPSA) is 95.9 Å². The van der Waals surface area contributed by atoms with E-state index in [0.717, 1.165) is 35.1 Å². The fraction of sp³-hybridized carbons (Fsp3) is 0.423. The second-order valence-corrected chi connectivity index (χ2v) is 9.76. The maximum absolute atomic E-state index is 13.0. The highest BCUT2D eigenvalue weighted by molar-refractivity contribution is 5.89. The summed E-state index contributed by atoms with van der Waals surface area (Å²) in [4.78, 5) is 38.6. The van der Waals surface area contributed by atoms with Crippen LogP contribution in [0.5, 0.6) is 0 Å². The number of amides is 2. The predicted octanol–water partition coefficient (Wildman–Crippen LogP) is 3.63. The minimum atomic E-state index is -0.913. The zero-order valence-corrected chi connectivity index (χ0v) is 18.6. The molecular weight excluding hydrogens is 420 g/mol. The molecule has 0 spiro atoms. The third kappa shape index (κ3) is 4.08. The number of nitrogens with one attached hydrogen (secondary N) is 1. The van der Waals surface area contributed by atoms with Crippen molar-refractivity contribution >= 4 is 18.0 Å². The van der Waals surface area contributed by atoms with Crippen LogP contribution in [0.3, 0.4) is 0 Å². The van der Waals surface area contributed by atoms with Crippen molar-refractivity contribution in [1.82, 2.24) is 10.2 Å². The van der Waals surface area contributed by atoms with E-state index < -0.39 is 23.5 Å². The molecule has 0 unspecified atom stereocenters. The summed E-state index contributed by atoms with van der Waals surface area (Å²) in [6.45, 7) is 2.14. The molecule has 2 aliphatic carbocycles. The van der Waals surface area contributed by atoms with Gasteiger partial charge in [-0.25, -0.2) is 4.79 Å². The van der Waals surface area contributed by atoms with Crippen LogP contribution in [0, 0.1) is 11.3 Å². The molecule has 5 rings (SSSR count). The summed E-state index contributed by atoms with van der Waals surface area (Å²) < 4.78 is 5.62. The third-order valence-electron chi connectivity index (χ3n) is 7.11. The van der Waals surface area contributed by atoms with Crippen molar-refractivity contribution in [3.63, 3.8) is 0 Å². The minimum Gasteiger partial charge on any atom is -0.481 e. The van der Waals surface area contributed by atoms with Crippen LogP contribution in [0.1, 0.15) is 43.2 Å². The first-order chi connectivity index (χ1) is 15.9. The largest absolute Gasteiger partial charge is 0.481 e. The van der Waals surface area contributed by atoms with Gasteiger partial charge in [0.15, 0.2) is 0 Å². The minimum absolute atomic E-state index is 0.0487. The average molecular weight is 449 g/mol. The Hall–Kier alpha value is -3.35. The van der Waals surface area contributed by atoms with Gasteiger partial charge in [0.1, 0.15) is 12.6 Å². The SMILES string of the molecule is CC1(C(=O)O)CN(C(=O)[C@H](CC2CC2)NC(=O)OCC2c3ccccc3-c3ccccc32)C1. The van der Waals surface area contributed by atoms with E-state index in [0.29, 0.717) is 12.3 Å². The van der Waals surface area contributed by atoms with E-state index in [2.05, 4.69) is 29.6 Å². The molecule has 1 saturated heterocycles. The van der Waals surface area contributed by atoms with Gasteiger partial charge in [-0.3, -0.25) is 9.59 Å². The van der Waals surface area contributed by atoms with Gasteiger partial charge in [-0.15, -0.1) is 0 Å². The Morgan fingerprint density at radius 1 is 1.06 bits per heavy atom. The van der Waals surface area contributed by atoms with Crippen molar-refractivity contribution in [2.24, 2.45) is 11.3 Å². The molecule has 2 N–H and O–H groups in total. The van der Waals surface area contributed by atoms with Gasteiger partial charge in [0.05, 0.1) is 5.41 Å². The smallest absolute Gasteiger partial charge is 0.407 e. The molecule has 7 heteroatoms. The number of likely N-dealkylation sites (tertiary alicyclic amines) is 1. The van der Waals surface area contributed by atoms with Crippen LogP contribution >= 0.6 is 0 Å². The number of aliphatic carboxylic acids is 1. The lowest BCUT2D eigenvalue weighted by molar-refractivity contribution is -0.164. The van der Waals surface area contributed by atoms with Crippen molar-refractivity contribution in [3.05, 3.63) is 59.7 Å². The molecule has 0 aromatic heterocycles. The number of ether oxygens (including phenoxy) is 1. The summed E-state index contributed by atoms with van der Waals surface area (Å²) in [5.74, 6) is -0.767. The molecule has 1 saturated carbocycles. The van der Waals surface area contributed by atoms with E-state index in [1.54, 1.807) is 6.92 Å². The average Bonchev–Trinajstić information content (AvgIpc) is 3.55. The van der Waals surface area contributed by atoms with Crippen molar-refractivity contribution in [3.8, 4) is 11.1 Å². The van der Waals surface area contributed by atoms with E-state index >= 15 is 0 Å². The molecule has 2 amide bonds. The fourth-order valence-electron chi connectivity index (χ4n) is 5.00. The van der Waals surface area contributed by atoms with E-state index in [9.17, 15) is 19.5 Å². The molecule has 0 bridgehead atoms. The van der Waals surface area contributed by atoms with E-state index in [1.165, 1.54) is 4.90 Å². The zero-order chi connectivity index (χ0) is 23.2. The molecular formula is C26H28N2O5. The van der Waals surface area contributed by atoms with Gasteiger partial charge in [-0.1, -0.05) is 61.4 Å². The van der Waals surface area contributed by atoms with E-state index in [4.69, 9.17) is 4.74 Å². The monoisotopic (exact) mass is 448 g/mol. The second kappa shape index (κ2) is 8.21. The van der Waals surface area contributed by atoms with Crippen molar-refractivity contribution in [2.45, 2.75) is 38.1 Å². The van der Waals surface area contributed by atoms with Gasteiger partial charge >= 0.3 is 12.1 Å². The number of alkyl carbamates (subject to hydrolysis) is 1. The highest BCUT2D eigenvalue weighted by Crippen LogP contribution is 2.44. The number of carboxylic acid groups (broad SMARTS) is 1. The fourth-order valence-corrected chi connectivity index (χ4v) is 5.00. The Morgan fingerprint density at radius 3 is 2.18 bits per heavy atom. The lowest BCUT2D eigenvalue weighted by atomic mass is 9.81. The van der Waals surface area contributed by atoms with Crippen LogP contribution in [0.4, 0.5) is 4.79 Å². The molecule has 33 heavy (non-hydrogen) atoms. The Morgan fingerprint density at radius 2 is 1.64 bits per heavy atom. The number of rotatable bonds is 7. The summed E-state index contributed by atoms with van der Waals surface area (Å²) in [6.07, 6.45) is 2.03. The standard InChI is InChI=1S/C26H28N2O5/c1-26(24(30)31)14-28(15-26)23(29)22(12-16-10-11-16)27-25(32)33-13-21-19-8-4-2-6-17(19)18-7-3-5-9-20(18)21/h2-9,16,21-22H,10-15H2,1H3,(H,27,32)(H,30,31)/t22-/m0/s1. The maximum Gasteiger partial charge on any atom is 0.407 e. The molecule has 2 aromatic carbocycles. The molecule has 1 atom stereocenters. The van der Waals surface area contributed by atoms with Crippen LogP contribution < -0.4 is 5.32 Å².